The second-order valence-corrected chi connectivity index (χ2v) is 6.93. The Bertz CT molecular complexity index is 555. The van der Waals surface area contributed by atoms with Gasteiger partial charge in [-0.15, -0.1) is 0 Å². The molecule has 6 heteroatoms. The van der Waals surface area contributed by atoms with Gasteiger partial charge in [0.05, 0.1) is 4.90 Å². The van der Waals surface area contributed by atoms with E-state index in [0.717, 1.165) is 18.7 Å². The molecule has 19 heavy (non-hydrogen) atoms. The van der Waals surface area contributed by atoms with Gasteiger partial charge in [-0.2, -0.15) is 0 Å². The third kappa shape index (κ3) is 3.26. The zero-order chi connectivity index (χ0) is 14.0. The monoisotopic (exact) mass is 283 g/mol. The first-order chi connectivity index (χ1) is 8.90. The molecule has 2 rings (SSSR count). The maximum Gasteiger partial charge on any atom is 0.240 e. The van der Waals surface area contributed by atoms with E-state index in [4.69, 9.17) is 0 Å². The lowest BCUT2D eigenvalue weighted by molar-refractivity contribution is 0.314. The number of benzene rings is 1. The minimum atomic E-state index is -3.43. The average Bonchev–Trinajstić information content (AvgIpc) is 2.82. The highest BCUT2D eigenvalue weighted by Crippen LogP contribution is 2.25. The summed E-state index contributed by atoms with van der Waals surface area (Å²) in [5, 5.41) is 3.20. The van der Waals surface area contributed by atoms with Crippen molar-refractivity contribution in [3.05, 3.63) is 23.8 Å². The topological polar surface area (TPSA) is 61.4 Å². The van der Waals surface area contributed by atoms with Crippen molar-refractivity contribution in [2.75, 3.05) is 32.5 Å². The van der Waals surface area contributed by atoms with Gasteiger partial charge in [0.2, 0.25) is 10.0 Å². The highest BCUT2D eigenvalue weighted by molar-refractivity contribution is 7.89. The van der Waals surface area contributed by atoms with Gasteiger partial charge >= 0.3 is 0 Å². The van der Waals surface area contributed by atoms with E-state index < -0.39 is 10.0 Å². The predicted molar refractivity (Wildman–Crippen MR) is 77.0 cm³/mol. The number of hydrogen-bond donors (Lipinski definition) is 2. The molecule has 1 unspecified atom stereocenters. The molecule has 1 atom stereocenters. The van der Waals surface area contributed by atoms with Crippen LogP contribution in [0.3, 0.4) is 0 Å². The van der Waals surface area contributed by atoms with Crippen molar-refractivity contribution in [2.24, 2.45) is 0 Å². The largest absolute Gasteiger partial charge is 0.384 e. The first-order valence-corrected chi connectivity index (χ1v) is 7.91. The van der Waals surface area contributed by atoms with Gasteiger partial charge in [-0.1, -0.05) is 6.07 Å². The van der Waals surface area contributed by atoms with Crippen LogP contribution < -0.4 is 10.0 Å². The lowest BCUT2D eigenvalue weighted by Crippen LogP contribution is -2.38. The van der Waals surface area contributed by atoms with Crippen LogP contribution in [-0.4, -0.2) is 46.5 Å². The number of likely N-dealkylation sites (N-methyl/N-ethyl adjacent to an activating group) is 1. The standard InChI is InChI=1S/C13H21N3O2S/c1-10(16(2)3)9-15-19(17,18)12-5-4-11-6-7-14-13(11)8-12/h4-5,8,10,14-15H,6-7,9H2,1-3H3. The molecule has 1 aliphatic rings. The van der Waals surface area contributed by atoms with Gasteiger partial charge in [0.25, 0.3) is 0 Å². The zero-order valence-corrected chi connectivity index (χ0v) is 12.4. The number of sulfonamides is 1. The predicted octanol–water partition coefficient (Wildman–Crippen LogP) is 0.883. The second-order valence-electron chi connectivity index (χ2n) is 5.16. The smallest absolute Gasteiger partial charge is 0.240 e. The molecule has 0 bridgehead atoms. The summed E-state index contributed by atoms with van der Waals surface area (Å²) in [5.41, 5.74) is 2.11. The summed E-state index contributed by atoms with van der Waals surface area (Å²) < 4.78 is 27.1. The molecule has 1 heterocycles. The van der Waals surface area contributed by atoms with Crippen molar-refractivity contribution in [3.8, 4) is 0 Å². The number of anilines is 1. The molecular weight excluding hydrogens is 262 g/mol. The van der Waals surface area contributed by atoms with Gasteiger partial charge < -0.3 is 10.2 Å². The molecule has 1 aromatic rings. The highest BCUT2D eigenvalue weighted by Gasteiger charge is 2.19. The average molecular weight is 283 g/mol. The van der Waals surface area contributed by atoms with E-state index in [2.05, 4.69) is 10.0 Å². The summed E-state index contributed by atoms with van der Waals surface area (Å²) in [4.78, 5) is 2.30. The lowest BCUT2D eigenvalue weighted by Gasteiger charge is -2.20. The maximum absolute atomic E-state index is 12.2. The third-order valence-electron chi connectivity index (χ3n) is 3.55. The van der Waals surface area contributed by atoms with Crippen molar-refractivity contribution >= 4 is 15.7 Å². The Hall–Kier alpha value is -1.11. The van der Waals surface area contributed by atoms with Crippen LogP contribution in [0, 0.1) is 0 Å². The Morgan fingerprint density at radius 2 is 2.16 bits per heavy atom. The molecule has 0 amide bonds. The fraction of sp³-hybridized carbons (Fsp3) is 0.538. The summed E-state index contributed by atoms with van der Waals surface area (Å²) in [7, 11) is 0.431. The van der Waals surface area contributed by atoms with Gasteiger partial charge in [-0.25, -0.2) is 13.1 Å². The van der Waals surface area contributed by atoms with Gasteiger partial charge in [-0.3, -0.25) is 0 Å². The van der Waals surface area contributed by atoms with Crippen LogP contribution in [0.5, 0.6) is 0 Å². The molecule has 0 aromatic heterocycles. The van der Waals surface area contributed by atoms with Gasteiger partial charge in [0, 0.05) is 24.8 Å². The van der Waals surface area contributed by atoms with Crippen molar-refractivity contribution in [2.45, 2.75) is 24.3 Å². The van der Waals surface area contributed by atoms with E-state index >= 15 is 0 Å². The minimum absolute atomic E-state index is 0.155. The van der Waals surface area contributed by atoms with E-state index in [9.17, 15) is 8.42 Å². The first-order valence-electron chi connectivity index (χ1n) is 6.43. The fourth-order valence-electron chi connectivity index (χ4n) is 1.93. The number of hydrogen-bond acceptors (Lipinski definition) is 4. The van der Waals surface area contributed by atoms with Crippen LogP contribution in [0.15, 0.2) is 23.1 Å². The van der Waals surface area contributed by atoms with Gasteiger partial charge in [-0.05, 0) is 45.1 Å². The first kappa shape index (κ1) is 14.3. The van der Waals surface area contributed by atoms with Crippen LogP contribution in [0.25, 0.3) is 0 Å². The Morgan fingerprint density at radius 1 is 1.42 bits per heavy atom. The summed E-state index contributed by atoms with van der Waals surface area (Å²) in [6.07, 6.45) is 0.959. The summed E-state index contributed by atoms with van der Waals surface area (Å²) in [5.74, 6) is 0. The molecule has 0 radical (unpaired) electrons. The minimum Gasteiger partial charge on any atom is -0.384 e. The number of nitrogens with one attached hydrogen (secondary N) is 2. The maximum atomic E-state index is 12.2. The highest BCUT2D eigenvalue weighted by atomic mass is 32.2. The molecule has 0 saturated carbocycles. The Morgan fingerprint density at radius 3 is 2.84 bits per heavy atom. The molecule has 1 aromatic carbocycles. The Labute approximate surface area is 115 Å². The molecule has 2 N–H and O–H groups in total. The SMILES string of the molecule is CC(CNS(=O)(=O)c1ccc2c(c1)NCC2)N(C)C. The molecule has 0 saturated heterocycles. The van der Waals surface area contributed by atoms with Crippen molar-refractivity contribution in [3.63, 3.8) is 0 Å². The van der Waals surface area contributed by atoms with Crippen LogP contribution in [0.4, 0.5) is 5.69 Å². The molecule has 0 spiro atoms. The van der Waals surface area contributed by atoms with Crippen LogP contribution in [-0.2, 0) is 16.4 Å². The van der Waals surface area contributed by atoms with E-state index in [-0.39, 0.29) is 6.04 Å². The van der Waals surface area contributed by atoms with E-state index in [0.29, 0.717) is 11.4 Å². The molecule has 1 aliphatic heterocycles. The molecule has 106 valence electrons. The summed E-state index contributed by atoms with van der Waals surface area (Å²) in [6, 6.07) is 5.43. The van der Waals surface area contributed by atoms with Crippen LogP contribution in [0.1, 0.15) is 12.5 Å². The fourth-order valence-corrected chi connectivity index (χ4v) is 3.08. The lowest BCUT2D eigenvalue weighted by atomic mass is 10.2. The van der Waals surface area contributed by atoms with E-state index in [1.165, 1.54) is 5.56 Å². The molecule has 0 fully saturated rings. The summed E-state index contributed by atoms with van der Waals surface area (Å²) in [6.45, 7) is 3.26. The van der Waals surface area contributed by atoms with E-state index in [1.54, 1.807) is 12.1 Å². The Kier molecular flexibility index (Phi) is 4.13. The number of fused-ring (bicyclic) bond motifs is 1. The molecule has 5 nitrogen and oxygen atoms in total. The van der Waals surface area contributed by atoms with Gasteiger partial charge in [0.1, 0.15) is 0 Å². The van der Waals surface area contributed by atoms with Crippen molar-refractivity contribution < 1.29 is 8.42 Å². The Balaban J connectivity index is 2.11. The summed E-state index contributed by atoms with van der Waals surface area (Å²) >= 11 is 0. The quantitative estimate of drug-likeness (QED) is 0.842. The normalized spacial score (nSPS) is 16.2. The number of rotatable bonds is 5. The van der Waals surface area contributed by atoms with Crippen molar-refractivity contribution in [1.29, 1.82) is 0 Å². The second kappa shape index (κ2) is 5.48. The molecule has 0 aliphatic carbocycles. The van der Waals surface area contributed by atoms with Crippen LogP contribution >= 0.6 is 0 Å². The molecular formula is C13H21N3O2S. The van der Waals surface area contributed by atoms with Crippen LogP contribution in [0.2, 0.25) is 0 Å². The van der Waals surface area contributed by atoms with Gasteiger partial charge in [0.15, 0.2) is 0 Å². The van der Waals surface area contributed by atoms with Crippen molar-refractivity contribution in [1.82, 2.24) is 9.62 Å². The van der Waals surface area contributed by atoms with E-state index in [1.807, 2.05) is 32.0 Å². The number of nitrogens with zero attached hydrogens (tertiary/aromatic N) is 1. The third-order valence-corrected chi connectivity index (χ3v) is 4.97. The zero-order valence-electron chi connectivity index (χ0n) is 11.6.